The molecule has 0 rings (SSSR count). The molecule has 0 spiro atoms. The summed E-state index contributed by atoms with van der Waals surface area (Å²) < 4.78 is 8.57. The number of aliphatic hydroxyl groups excluding tert-OH is 1. The molecule has 5 nitrogen and oxygen atoms in total. The number of rotatable bonds is 4. The number of hydrogen-bond donors (Lipinski definition) is 1. The van der Waals surface area contributed by atoms with Crippen molar-refractivity contribution >= 4 is 11.9 Å². The maximum absolute atomic E-state index is 10.2. The second-order valence-electron chi connectivity index (χ2n) is 1.95. The van der Waals surface area contributed by atoms with E-state index < -0.39 is 11.9 Å². The van der Waals surface area contributed by atoms with E-state index in [1.807, 2.05) is 0 Å². The highest BCUT2D eigenvalue weighted by molar-refractivity contribution is 5.81. The van der Waals surface area contributed by atoms with Crippen LogP contribution in [0.2, 0.25) is 0 Å². The van der Waals surface area contributed by atoms with Gasteiger partial charge in [0.05, 0.1) is 13.4 Å². The van der Waals surface area contributed by atoms with Crippen LogP contribution in [-0.4, -0.2) is 30.8 Å². The van der Waals surface area contributed by atoms with Crippen LogP contribution in [0.4, 0.5) is 0 Å². The number of carbonyl (C=O) groups excluding carboxylic acids is 2. The highest BCUT2D eigenvalue weighted by Gasteiger charge is 1.88. The van der Waals surface area contributed by atoms with Gasteiger partial charge in [0, 0.05) is 12.2 Å². The lowest BCUT2D eigenvalue weighted by Gasteiger charge is -1.92. The van der Waals surface area contributed by atoms with Crippen LogP contribution < -0.4 is 0 Å². The Morgan fingerprint density at radius 2 is 1.80 bits per heavy atom. The van der Waals surface area contributed by atoms with E-state index in [9.17, 15) is 9.59 Å². The van der Waals surface area contributed by atoms with Crippen LogP contribution in [0.3, 0.4) is 0 Å². The summed E-state index contributed by atoms with van der Waals surface area (Å²) in [5.41, 5.74) is 0. The normalized spacial score (nSPS) is 8.33. The maximum atomic E-state index is 10.2. The molecule has 0 aliphatic carbocycles. The van der Waals surface area contributed by atoms with Crippen molar-refractivity contribution in [3.05, 3.63) is 37.6 Å². The first kappa shape index (κ1) is 15.4. The first-order chi connectivity index (χ1) is 7.12. The van der Waals surface area contributed by atoms with Gasteiger partial charge in [-0.2, -0.15) is 0 Å². The summed E-state index contributed by atoms with van der Waals surface area (Å²) in [4.78, 5) is 20.1. The third kappa shape index (κ3) is 14.8. The Morgan fingerprint density at radius 1 is 1.27 bits per heavy atom. The fourth-order valence-corrected chi connectivity index (χ4v) is 0.316. The van der Waals surface area contributed by atoms with Crippen molar-refractivity contribution in [1.82, 2.24) is 0 Å². The molecule has 0 heterocycles. The van der Waals surface area contributed by atoms with Gasteiger partial charge in [0.25, 0.3) is 0 Å². The molecule has 0 aromatic carbocycles. The topological polar surface area (TPSA) is 72.8 Å². The van der Waals surface area contributed by atoms with Crippen molar-refractivity contribution in [3.63, 3.8) is 0 Å². The summed E-state index contributed by atoms with van der Waals surface area (Å²) in [7, 11) is 1.31. The largest absolute Gasteiger partial charge is 0.516 e. The first-order valence-electron chi connectivity index (χ1n) is 3.91. The van der Waals surface area contributed by atoms with Crippen molar-refractivity contribution < 1.29 is 24.2 Å². The molecule has 0 unspecified atom stereocenters. The summed E-state index contributed by atoms with van der Waals surface area (Å²) in [6.45, 7) is 6.42. The van der Waals surface area contributed by atoms with Crippen LogP contribution in [0.1, 0.15) is 0 Å². The fraction of sp³-hybridized carbons (Fsp3) is 0.200. The minimum atomic E-state index is -0.492. The molecule has 15 heavy (non-hydrogen) atoms. The molecular formula is C10H14O5. The smallest absolute Gasteiger partial charge is 0.330 e. The maximum Gasteiger partial charge on any atom is 0.330 e. The molecule has 0 radical (unpaired) electrons. The number of aliphatic hydroxyl groups is 1. The van der Waals surface area contributed by atoms with Crippen LogP contribution in [0, 0.1) is 0 Å². The van der Waals surface area contributed by atoms with Crippen molar-refractivity contribution in [2.75, 3.05) is 13.7 Å². The van der Waals surface area contributed by atoms with Crippen molar-refractivity contribution in [1.29, 1.82) is 0 Å². The molecule has 0 fully saturated rings. The van der Waals surface area contributed by atoms with Gasteiger partial charge in [-0.25, -0.2) is 9.59 Å². The van der Waals surface area contributed by atoms with Crippen LogP contribution in [0.5, 0.6) is 0 Å². The second-order valence-corrected chi connectivity index (χ2v) is 1.95. The number of hydrogen-bond acceptors (Lipinski definition) is 5. The van der Waals surface area contributed by atoms with Gasteiger partial charge in [-0.15, -0.1) is 0 Å². The molecule has 0 aromatic heterocycles. The van der Waals surface area contributed by atoms with Crippen molar-refractivity contribution in [2.45, 2.75) is 0 Å². The summed E-state index contributed by atoms with van der Waals surface area (Å²) >= 11 is 0. The van der Waals surface area contributed by atoms with E-state index in [1.165, 1.54) is 13.2 Å². The standard InChI is InChI=1S/C6H8O3.C4H6O2/c1-2-6(8)9-5-3-4-7;1-3-4(5)6-2/h2-4,7H,1,5H2;3H,1H2,2H3. The molecular weight excluding hydrogens is 200 g/mol. The van der Waals surface area contributed by atoms with Gasteiger partial charge in [0.2, 0.25) is 0 Å². The van der Waals surface area contributed by atoms with Crippen molar-refractivity contribution in [3.8, 4) is 0 Å². The van der Waals surface area contributed by atoms with E-state index in [0.29, 0.717) is 0 Å². The van der Waals surface area contributed by atoms with Crippen LogP contribution in [-0.2, 0) is 19.1 Å². The number of esters is 2. The molecule has 0 amide bonds. The SMILES string of the molecule is C=CC(=O)OC.C=CC(=O)OCC=CO. The molecule has 0 aliphatic rings. The lowest BCUT2D eigenvalue weighted by molar-refractivity contribution is -0.136. The van der Waals surface area contributed by atoms with E-state index in [2.05, 4.69) is 22.6 Å². The van der Waals surface area contributed by atoms with Crippen LogP contribution >= 0.6 is 0 Å². The fourth-order valence-electron chi connectivity index (χ4n) is 0.316. The zero-order valence-corrected chi connectivity index (χ0v) is 8.51. The summed E-state index contributed by atoms with van der Waals surface area (Å²) in [6.07, 6.45) is 4.29. The third-order valence-corrected chi connectivity index (χ3v) is 0.962. The number of methoxy groups -OCH3 is 1. The van der Waals surface area contributed by atoms with Crippen LogP contribution in [0.15, 0.2) is 37.6 Å². The van der Waals surface area contributed by atoms with E-state index in [1.54, 1.807) is 0 Å². The van der Waals surface area contributed by atoms with E-state index >= 15 is 0 Å². The molecule has 0 aliphatic heterocycles. The van der Waals surface area contributed by atoms with E-state index in [4.69, 9.17) is 5.11 Å². The first-order valence-corrected chi connectivity index (χ1v) is 3.91. The number of carbonyl (C=O) groups is 2. The van der Waals surface area contributed by atoms with Crippen molar-refractivity contribution in [2.24, 2.45) is 0 Å². The predicted molar refractivity (Wildman–Crippen MR) is 55.1 cm³/mol. The Morgan fingerprint density at radius 3 is 2.07 bits per heavy atom. The summed E-state index contributed by atoms with van der Waals surface area (Å²) in [5, 5.41) is 8.05. The Kier molecular flexibility index (Phi) is 12.3. The van der Waals surface area contributed by atoms with E-state index in [0.717, 1.165) is 18.4 Å². The van der Waals surface area contributed by atoms with Gasteiger partial charge in [-0.1, -0.05) is 13.2 Å². The molecule has 0 atom stereocenters. The Bertz CT molecular complexity index is 242. The van der Waals surface area contributed by atoms with E-state index in [-0.39, 0.29) is 6.61 Å². The average molecular weight is 214 g/mol. The molecule has 84 valence electrons. The minimum absolute atomic E-state index is 0.0847. The Hall–Kier alpha value is -2.04. The third-order valence-electron chi connectivity index (χ3n) is 0.962. The van der Waals surface area contributed by atoms with Gasteiger partial charge < -0.3 is 14.6 Å². The number of ether oxygens (including phenoxy) is 2. The summed E-state index contributed by atoms with van der Waals surface area (Å²) in [5.74, 6) is -0.886. The second kappa shape index (κ2) is 12.0. The highest BCUT2D eigenvalue weighted by Crippen LogP contribution is 1.78. The lowest BCUT2D eigenvalue weighted by atomic mass is 10.6. The van der Waals surface area contributed by atoms with Gasteiger partial charge >= 0.3 is 11.9 Å². The van der Waals surface area contributed by atoms with Gasteiger partial charge in [-0.3, -0.25) is 0 Å². The quantitative estimate of drug-likeness (QED) is 0.431. The molecule has 0 aromatic rings. The minimum Gasteiger partial charge on any atom is -0.516 e. The Labute approximate surface area is 88.3 Å². The average Bonchev–Trinajstić information content (AvgIpc) is 2.28. The lowest BCUT2D eigenvalue weighted by Crippen LogP contribution is -1.98. The summed E-state index contributed by atoms with van der Waals surface area (Å²) in [6, 6.07) is 0. The van der Waals surface area contributed by atoms with Gasteiger partial charge in [0.1, 0.15) is 6.61 Å². The highest BCUT2D eigenvalue weighted by atomic mass is 16.5. The zero-order chi connectivity index (χ0) is 12.1. The molecule has 5 heteroatoms. The molecule has 0 saturated heterocycles. The molecule has 0 bridgehead atoms. The predicted octanol–water partition coefficient (Wildman–Crippen LogP) is 1.13. The molecule has 0 saturated carbocycles. The van der Waals surface area contributed by atoms with Gasteiger partial charge in [0.15, 0.2) is 0 Å². The molecule has 1 N–H and O–H groups in total. The van der Waals surface area contributed by atoms with Crippen LogP contribution in [0.25, 0.3) is 0 Å². The monoisotopic (exact) mass is 214 g/mol. The zero-order valence-electron chi connectivity index (χ0n) is 8.51. The van der Waals surface area contributed by atoms with Gasteiger partial charge in [-0.05, 0) is 6.08 Å². The Balaban J connectivity index is 0.